The Morgan fingerprint density at radius 2 is 1.65 bits per heavy atom. The molecule has 1 aliphatic rings. The van der Waals surface area contributed by atoms with Crippen molar-refractivity contribution in [3.8, 4) is 0 Å². The van der Waals surface area contributed by atoms with E-state index in [4.69, 9.17) is 4.74 Å². The van der Waals surface area contributed by atoms with E-state index >= 15 is 0 Å². The molecule has 1 aliphatic heterocycles. The summed E-state index contributed by atoms with van der Waals surface area (Å²) in [6.45, 7) is 9.74. The largest absolute Gasteiger partial charge is 0.371 e. The Morgan fingerprint density at radius 3 is 2.23 bits per heavy atom. The summed E-state index contributed by atoms with van der Waals surface area (Å²) in [5.74, 6) is 0. The van der Waals surface area contributed by atoms with Gasteiger partial charge in [-0.25, -0.2) is 8.42 Å². The van der Waals surface area contributed by atoms with Gasteiger partial charge in [0.2, 0.25) is 10.0 Å². The molecular weight excluding hydrogens is 346 g/mol. The van der Waals surface area contributed by atoms with E-state index in [1.165, 1.54) is 9.87 Å². The van der Waals surface area contributed by atoms with Crippen molar-refractivity contribution in [1.29, 1.82) is 0 Å². The number of hydrogen-bond acceptors (Lipinski definition) is 3. The van der Waals surface area contributed by atoms with Crippen molar-refractivity contribution in [2.75, 3.05) is 13.1 Å². The molecule has 140 valence electrons. The summed E-state index contributed by atoms with van der Waals surface area (Å²) < 4.78 is 32.8. The first-order valence-corrected chi connectivity index (χ1v) is 10.4. The summed E-state index contributed by atoms with van der Waals surface area (Å²) >= 11 is 0. The van der Waals surface area contributed by atoms with Crippen LogP contribution in [0.5, 0.6) is 0 Å². The van der Waals surface area contributed by atoms with Crippen LogP contribution in [-0.2, 0) is 26.8 Å². The van der Waals surface area contributed by atoms with Crippen molar-refractivity contribution in [3.63, 3.8) is 0 Å². The van der Waals surface area contributed by atoms with E-state index in [1.807, 2.05) is 30.3 Å². The number of rotatable bonds is 5. The summed E-state index contributed by atoms with van der Waals surface area (Å²) in [5, 5.41) is 0. The van der Waals surface area contributed by atoms with Crippen LogP contribution in [0.25, 0.3) is 0 Å². The van der Waals surface area contributed by atoms with E-state index in [1.54, 1.807) is 12.1 Å². The molecule has 1 heterocycles. The number of ether oxygens (including phenoxy) is 1. The minimum absolute atomic E-state index is 0.00749. The lowest BCUT2D eigenvalue weighted by atomic mass is 9.87. The highest BCUT2D eigenvalue weighted by atomic mass is 32.2. The van der Waals surface area contributed by atoms with Crippen LogP contribution < -0.4 is 0 Å². The predicted molar refractivity (Wildman–Crippen MR) is 104 cm³/mol. The second-order valence-electron chi connectivity index (χ2n) is 7.96. The van der Waals surface area contributed by atoms with Crippen LogP contribution in [0.3, 0.4) is 0 Å². The zero-order valence-corrected chi connectivity index (χ0v) is 16.7. The van der Waals surface area contributed by atoms with Gasteiger partial charge in [0.05, 0.1) is 17.6 Å². The van der Waals surface area contributed by atoms with Gasteiger partial charge in [0.15, 0.2) is 0 Å². The molecule has 1 fully saturated rings. The molecule has 2 aromatic rings. The molecule has 0 aliphatic carbocycles. The fourth-order valence-corrected chi connectivity index (χ4v) is 4.46. The average Bonchev–Trinajstić information content (AvgIpc) is 2.54. The molecule has 0 unspecified atom stereocenters. The van der Waals surface area contributed by atoms with E-state index in [9.17, 15) is 8.42 Å². The van der Waals surface area contributed by atoms with Crippen LogP contribution >= 0.6 is 0 Å². The molecule has 0 radical (unpaired) electrons. The lowest BCUT2D eigenvalue weighted by Gasteiger charge is -2.37. The molecule has 0 aromatic heterocycles. The van der Waals surface area contributed by atoms with Gasteiger partial charge < -0.3 is 4.74 Å². The Bertz CT molecular complexity index is 861. The molecular formula is C21H27NO3S. The van der Waals surface area contributed by atoms with Crippen molar-refractivity contribution in [2.24, 2.45) is 0 Å². The molecule has 0 N–H and O–H groups in total. The first kappa shape index (κ1) is 19.1. The highest BCUT2D eigenvalue weighted by molar-refractivity contribution is 7.89. The smallest absolute Gasteiger partial charge is 0.243 e. The van der Waals surface area contributed by atoms with E-state index < -0.39 is 10.0 Å². The van der Waals surface area contributed by atoms with Crippen LogP contribution in [0.2, 0.25) is 0 Å². The van der Waals surface area contributed by atoms with Gasteiger partial charge in [-0.05, 0) is 41.2 Å². The lowest BCUT2D eigenvalue weighted by molar-refractivity contribution is -0.0297. The summed E-state index contributed by atoms with van der Waals surface area (Å²) in [7, 11) is -3.44. The SMILES string of the molecule is Cc1ccccc1COC1CN(S(=O)(=O)c2ccc(C(C)(C)C)cc2)C1. The molecule has 0 amide bonds. The van der Waals surface area contributed by atoms with Crippen LogP contribution in [-0.4, -0.2) is 31.9 Å². The molecule has 5 heteroatoms. The highest BCUT2D eigenvalue weighted by Crippen LogP contribution is 2.27. The quantitative estimate of drug-likeness (QED) is 0.799. The first-order valence-electron chi connectivity index (χ1n) is 8.95. The van der Waals surface area contributed by atoms with Crippen molar-refractivity contribution < 1.29 is 13.2 Å². The number of benzene rings is 2. The standard InChI is InChI=1S/C21H27NO3S/c1-16-7-5-6-8-17(16)15-25-19-13-22(14-19)26(23,24)20-11-9-18(10-12-20)21(2,3)4/h5-12,19H,13-15H2,1-4H3. The maximum atomic E-state index is 12.7. The Hall–Kier alpha value is -1.69. The van der Waals surface area contributed by atoms with E-state index in [0.717, 1.165) is 11.1 Å². The zero-order valence-electron chi connectivity index (χ0n) is 15.9. The minimum atomic E-state index is -3.44. The second-order valence-corrected chi connectivity index (χ2v) is 9.89. The molecule has 2 aromatic carbocycles. The third kappa shape index (κ3) is 4.00. The molecule has 0 spiro atoms. The Balaban J connectivity index is 1.58. The number of aryl methyl sites for hydroxylation is 1. The summed E-state index contributed by atoms with van der Waals surface area (Å²) in [6, 6.07) is 15.3. The minimum Gasteiger partial charge on any atom is -0.371 e. The van der Waals surface area contributed by atoms with Gasteiger partial charge in [-0.15, -0.1) is 0 Å². The topological polar surface area (TPSA) is 46.6 Å². The van der Waals surface area contributed by atoms with Crippen LogP contribution in [0.15, 0.2) is 53.4 Å². The zero-order chi connectivity index (χ0) is 18.9. The van der Waals surface area contributed by atoms with Crippen molar-refractivity contribution >= 4 is 10.0 Å². The van der Waals surface area contributed by atoms with Crippen LogP contribution in [0, 0.1) is 6.92 Å². The van der Waals surface area contributed by atoms with Gasteiger partial charge in [0, 0.05) is 13.1 Å². The monoisotopic (exact) mass is 373 g/mol. The van der Waals surface area contributed by atoms with E-state index in [0.29, 0.717) is 24.6 Å². The number of nitrogens with zero attached hydrogens (tertiary/aromatic N) is 1. The van der Waals surface area contributed by atoms with Crippen LogP contribution in [0.1, 0.15) is 37.5 Å². The second kappa shape index (κ2) is 7.14. The fourth-order valence-electron chi connectivity index (χ4n) is 2.96. The fraction of sp³-hybridized carbons (Fsp3) is 0.429. The summed E-state index contributed by atoms with van der Waals surface area (Å²) in [6.07, 6.45) is -0.0433. The Labute approximate surface area is 156 Å². The Kier molecular flexibility index (Phi) is 5.24. The van der Waals surface area contributed by atoms with E-state index in [-0.39, 0.29) is 11.5 Å². The first-order chi connectivity index (χ1) is 12.2. The van der Waals surface area contributed by atoms with Gasteiger partial charge in [-0.1, -0.05) is 57.2 Å². The maximum Gasteiger partial charge on any atom is 0.243 e. The van der Waals surface area contributed by atoms with Crippen molar-refractivity contribution in [3.05, 3.63) is 65.2 Å². The molecule has 4 nitrogen and oxygen atoms in total. The third-order valence-corrected chi connectivity index (χ3v) is 6.75. The molecule has 0 bridgehead atoms. The van der Waals surface area contributed by atoms with E-state index in [2.05, 4.69) is 33.8 Å². The normalized spacial score (nSPS) is 16.5. The van der Waals surface area contributed by atoms with Crippen molar-refractivity contribution in [2.45, 2.75) is 50.7 Å². The van der Waals surface area contributed by atoms with Gasteiger partial charge in [0.1, 0.15) is 0 Å². The average molecular weight is 374 g/mol. The molecule has 1 saturated heterocycles. The number of sulfonamides is 1. The summed E-state index contributed by atoms with van der Waals surface area (Å²) in [4.78, 5) is 0.350. The predicted octanol–water partition coefficient (Wildman–Crippen LogP) is 3.88. The molecule has 0 saturated carbocycles. The van der Waals surface area contributed by atoms with Gasteiger partial charge in [0.25, 0.3) is 0 Å². The summed E-state index contributed by atoms with van der Waals surface area (Å²) in [5.41, 5.74) is 3.47. The van der Waals surface area contributed by atoms with Gasteiger partial charge in [-0.3, -0.25) is 0 Å². The third-order valence-electron chi connectivity index (χ3n) is 4.91. The van der Waals surface area contributed by atoms with Crippen molar-refractivity contribution in [1.82, 2.24) is 4.31 Å². The Morgan fingerprint density at radius 1 is 1.04 bits per heavy atom. The highest BCUT2D eigenvalue weighted by Gasteiger charge is 2.37. The molecule has 26 heavy (non-hydrogen) atoms. The molecule has 0 atom stereocenters. The van der Waals surface area contributed by atoms with Crippen LogP contribution in [0.4, 0.5) is 0 Å². The lowest BCUT2D eigenvalue weighted by Crippen LogP contribution is -2.54. The number of hydrogen-bond donors (Lipinski definition) is 0. The molecule has 3 rings (SSSR count). The maximum absolute atomic E-state index is 12.7. The van der Waals surface area contributed by atoms with Gasteiger partial charge >= 0.3 is 0 Å². The van der Waals surface area contributed by atoms with Gasteiger partial charge in [-0.2, -0.15) is 4.31 Å².